The largest absolute Gasteiger partial charge is 0.497 e. The van der Waals surface area contributed by atoms with Crippen molar-refractivity contribution in [1.82, 2.24) is 5.32 Å². The van der Waals surface area contributed by atoms with E-state index >= 15 is 0 Å². The SMILES string of the molecule is COc1ccc([S@](=O)Cc2ccc(C(=O)NCc3ccccc3C)o2)cc1. The summed E-state index contributed by atoms with van der Waals surface area (Å²) in [5.41, 5.74) is 2.17. The van der Waals surface area contributed by atoms with Crippen LogP contribution in [0.5, 0.6) is 5.75 Å². The Labute approximate surface area is 160 Å². The van der Waals surface area contributed by atoms with E-state index in [-0.39, 0.29) is 17.4 Å². The smallest absolute Gasteiger partial charge is 0.287 e. The Hall–Kier alpha value is -2.86. The van der Waals surface area contributed by atoms with Crippen molar-refractivity contribution in [2.24, 2.45) is 0 Å². The molecule has 1 N–H and O–H groups in total. The van der Waals surface area contributed by atoms with E-state index in [1.807, 2.05) is 31.2 Å². The maximum Gasteiger partial charge on any atom is 0.287 e. The third-order valence-corrected chi connectivity index (χ3v) is 5.53. The molecule has 0 unspecified atom stereocenters. The van der Waals surface area contributed by atoms with Gasteiger partial charge in [0.1, 0.15) is 11.5 Å². The summed E-state index contributed by atoms with van der Waals surface area (Å²) in [5, 5.41) is 2.84. The van der Waals surface area contributed by atoms with E-state index < -0.39 is 10.8 Å². The van der Waals surface area contributed by atoms with Gasteiger partial charge in [0.25, 0.3) is 5.91 Å². The Bertz CT molecular complexity index is 947. The number of hydrogen-bond donors (Lipinski definition) is 1. The summed E-state index contributed by atoms with van der Waals surface area (Å²) >= 11 is 0. The molecule has 0 fully saturated rings. The first-order valence-electron chi connectivity index (χ1n) is 8.50. The second-order valence-corrected chi connectivity index (χ2v) is 7.49. The second kappa shape index (κ2) is 8.68. The number of benzene rings is 2. The van der Waals surface area contributed by atoms with Crippen LogP contribution in [0.15, 0.2) is 70.0 Å². The summed E-state index contributed by atoms with van der Waals surface area (Å²) in [5.74, 6) is 1.34. The number of amides is 1. The van der Waals surface area contributed by atoms with Gasteiger partial charge in [-0.25, -0.2) is 0 Å². The zero-order chi connectivity index (χ0) is 19.2. The van der Waals surface area contributed by atoms with Crippen molar-refractivity contribution in [3.8, 4) is 5.75 Å². The van der Waals surface area contributed by atoms with Crippen molar-refractivity contribution >= 4 is 16.7 Å². The lowest BCUT2D eigenvalue weighted by Gasteiger charge is -2.06. The number of ether oxygens (including phenoxy) is 1. The van der Waals surface area contributed by atoms with E-state index in [1.165, 1.54) is 0 Å². The molecule has 1 heterocycles. The van der Waals surface area contributed by atoms with Gasteiger partial charge >= 0.3 is 0 Å². The second-order valence-electron chi connectivity index (χ2n) is 6.04. The molecule has 1 atom stereocenters. The normalized spacial score (nSPS) is 11.8. The van der Waals surface area contributed by atoms with Crippen LogP contribution in [0.1, 0.15) is 27.4 Å². The highest BCUT2D eigenvalue weighted by Gasteiger charge is 2.14. The Morgan fingerprint density at radius 3 is 2.52 bits per heavy atom. The van der Waals surface area contributed by atoms with Gasteiger partial charge in [0.05, 0.1) is 23.7 Å². The van der Waals surface area contributed by atoms with E-state index in [0.717, 1.165) is 11.1 Å². The maximum absolute atomic E-state index is 12.5. The molecule has 2 aromatic carbocycles. The topological polar surface area (TPSA) is 68.5 Å². The van der Waals surface area contributed by atoms with Gasteiger partial charge in [-0.1, -0.05) is 24.3 Å². The molecule has 1 aromatic heterocycles. The summed E-state index contributed by atoms with van der Waals surface area (Å²) in [6.45, 7) is 2.43. The first kappa shape index (κ1) is 18.9. The molecule has 3 aromatic rings. The highest BCUT2D eigenvalue weighted by molar-refractivity contribution is 7.84. The molecule has 0 bridgehead atoms. The molecule has 0 saturated heterocycles. The molecule has 5 nitrogen and oxygen atoms in total. The lowest BCUT2D eigenvalue weighted by molar-refractivity contribution is 0.0921. The fraction of sp³-hybridized carbons (Fsp3) is 0.190. The highest BCUT2D eigenvalue weighted by atomic mass is 32.2. The predicted octanol–water partition coefficient (Wildman–Crippen LogP) is 3.83. The molecule has 1 amide bonds. The van der Waals surface area contributed by atoms with E-state index in [2.05, 4.69) is 5.32 Å². The van der Waals surface area contributed by atoms with E-state index in [9.17, 15) is 9.00 Å². The number of carbonyl (C=O) groups is 1. The minimum Gasteiger partial charge on any atom is -0.497 e. The van der Waals surface area contributed by atoms with Crippen molar-refractivity contribution in [2.45, 2.75) is 24.1 Å². The van der Waals surface area contributed by atoms with Crippen LogP contribution < -0.4 is 10.1 Å². The number of methoxy groups -OCH3 is 1. The standard InChI is InChI=1S/C21H21NO4S/c1-15-5-3-4-6-16(15)13-22-21(23)20-12-9-18(26-20)14-27(24)19-10-7-17(25-2)8-11-19/h3-12H,13-14H2,1-2H3,(H,22,23)/t27-/m1/s1. The van der Waals surface area contributed by atoms with Gasteiger partial charge in [0.2, 0.25) is 0 Å². The number of furan rings is 1. The van der Waals surface area contributed by atoms with Gasteiger partial charge in [0, 0.05) is 11.4 Å². The van der Waals surface area contributed by atoms with E-state index in [1.54, 1.807) is 43.5 Å². The zero-order valence-electron chi connectivity index (χ0n) is 15.2. The van der Waals surface area contributed by atoms with Gasteiger partial charge in [-0.2, -0.15) is 0 Å². The average molecular weight is 383 g/mol. The minimum atomic E-state index is -1.26. The number of nitrogens with one attached hydrogen (secondary N) is 1. The first-order chi connectivity index (χ1) is 13.1. The van der Waals surface area contributed by atoms with Crippen molar-refractivity contribution in [1.29, 1.82) is 0 Å². The van der Waals surface area contributed by atoms with Gasteiger partial charge in [-0.05, 0) is 54.4 Å². The molecule has 140 valence electrons. The molecule has 0 radical (unpaired) electrons. The molecule has 27 heavy (non-hydrogen) atoms. The number of rotatable bonds is 7. The predicted molar refractivity (Wildman–Crippen MR) is 104 cm³/mol. The number of hydrogen-bond acceptors (Lipinski definition) is 4. The summed E-state index contributed by atoms with van der Waals surface area (Å²) < 4.78 is 23.1. The van der Waals surface area contributed by atoms with Crippen LogP contribution in [-0.4, -0.2) is 17.2 Å². The number of aryl methyl sites for hydroxylation is 1. The Morgan fingerprint density at radius 1 is 1.07 bits per heavy atom. The van der Waals surface area contributed by atoms with Gasteiger partial charge in [-0.15, -0.1) is 0 Å². The molecule has 0 spiro atoms. The molecular weight excluding hydrogens is 362 g/mol. The monoisotopic (exact) mass is 383 g/mol. The van der Waals surface area contributed by atoms with Crippen molar-refractivity contribution in [2.75, 3.05) is 7.11 Å². The molecule has 6 heteroatoms. The fourth-order valence-electron chi connectivity index (χ4n) is 2.59. The zero-order valence-corrected chi connectivity index (χ0v) is 16.0. The lowest BCUT2D eigenvalue weighted by Crippen LogP contribution is -2.22. The molecule has 0 saturated carbocycles. The molecule has 0 aliphatic carbocycles. The van der Waals surface area contributed by atoms with Gasteiger partial charge in [0.15, 0.2) is 5.76 Å². The Balaban J connectivity index is 1.59. The maximum atomic E-state index is 12.5. The van der Waals surface area contributed by atoms with E-state index in [0.29, 0.717) is 22.9 Å². The van der Waals surface area contributed by atoms with Gasteiger partial charge in [-0.3, -0.25) is 9.00 Å². The van der Waals surface area contributed by atoms with Crippen LogP contribution >= 0.6 is 0 Å². The fourth-order valence-corrected chi connectivity index (χ4v) is 3.61. The van der Waals surface area contributed by atoms with Crippen molar-refractivity contribution in [3.63, 3.8) is 0 Å². The quantitative estimate of drug-likeness (QED) is 0.673. The highest BCUT2D eigenvalue weighted by Crippen LogP contribution is 2.18. The Morgan fingerprint density at radius 2 is 1.81 bits per heavy atom. The van der Waals surface area contributed by atoms with Crippen LogP contribution in [0, 0.1) is 6.92 Å². The summed E-state index contributed by atoms with van der Waals surface area (Å²) in [7, 11) is 0.322. The molecular formula is C21H21NO4S. The van der Waals surface area contributed by atoms with Gasteiger partial charge < -0.3 is 14.5 Å². The van der Waals surface area contributed by atoms with Crippen molar-refractivity contribution < 1.29 is 18.2 Å². The van der Waals surface area contributed by atoms with Crippen molar-refractivity contribution in [3.05, 3.63) is 83.3 Å². The van der Waals surface area contributed by atoms with Crippen LogP contribution in [0.25, 0.3) is 0 Å². The Kier molecular flexibility index (Phi) is 6.08. The minimum absolute atomic E-state index is 0.206. The van der Waals surface area contributed by atoms with Crippen LogP contribution in [0.3, 0.4) is 0 Å². The third kappa shape index (κ3) is 4.86. The van der Waals surface area contributed by atoms with E-state index in [4.69, 9.17) is 9.15 Å². The summed E-state index contributed by atoms with van der Waals surface area (Å²) in [6, 6.07) is 18.2. The van der Waals surface area contributed by atoms with Crippen LogP contribution in [0.2, 0.25) is 0 Å². The molecule has 0 aliphatic rings. The van der Waals surface area contributed by atoms with Crippen LogP contribution in [-0.2, 0) is 23.1 Å². The summed E-state index contributed by atoms with van der Waals surface area (Å²) in [6.07, 6.45) is 0. The molecule has 3 rings (SSSR count). The van der Waals surface area contributed by atoms with Crippen LogP contribution in [0.4, 0.5) is 0 Å². The first-order valence-corrected chi connectivity index (χ1v) is 9.82. The summed E-state index contributed by atoms with van der Waals surface area (Å²) in [4.78, 5) is 13.0. The number of carbonyl (C=O) groups excluding carboxylic acids is 1. The average Bonchev–Trinajstić information content (AvgIpc) is 3.15. The third-order valence-electron chi connectivity index (χ3n) is 4.18. The lowest BCUT2D eigenvalue weighted by atomic mass is 10.1. The molecule has 0 aliphatic heterocycles.